The first-order chi connectivity index (χ1) is 22.0. The molecular formula is C32H26F6N6O2. The highest BCUT2D eigenvalue weighted by Crippen LogP contribution is 2.31. The van der Waals surface area contributed by atoms with Crippen molar-refractivity contribution < 1.29 is 31.1 Å². The zero-order valence-electron chi connectivity index (χ0n) is 24.4. The minimum atomic E-state index is -2.95. The van der Waals surface area contributed by atoms with Gasteiger partial charge in [-0.15, -0.1) is 0 Å². The molecule has 1 aliphatic heterocycles. The van der Waals surface area contributed by atoms with Gasteiger partial charge in [-0.25, -0.2) is 35.9 Å². The van der Waals surface area contributed by atoms with Crippen molar-refractivity contribution in [3.05, 3.63) is 130 Å². The summed E-state index contributed by atoms with van der Waals surface area (Å²) in [4.78, 5) is 36.0. The van der Waals surface area contributed by atoms with Gasteiger partial charge in [-0.3, -0.25) is 28.9 Å². The zero-order valence-corrected chi connectivity index (χ0v) is 24.4. The molecule has 0 saturated carbocycles. The van der Waals surface area contributed by atoms with Crippen LogP contribution in [0.4, 0.5) is 42.5 Å². The van der Waals surface area contributed by atoms with E-state index in [9.17, 15) is 35.9 Å². The highest BCUT2D eigenvalue weighted by molar-refractivity contribution is 6.06. The van der Waals surface area contributed by atoms with Crippen molar-refractivity contribution in [2.75, 3.05) is 22.9 Å². The van der Waals surface area contributed by atoms with Crippen molar-refractivity contribution in [2.45, 2.75) is 26.7 Å². The molecule has 1 saturated heterocycles. The number of hydrogen-bond acceptors (Lipinski definition) is 4. The molecule has 2 amide bonds. The molecule has 4 heterocycles. The molecule has 3 aromatic heterocycles. The minimum Gasteiger partial charge on any atom is -0.292 e. The van der Waals surface area contributed by atoms with Gasteiger partial charge in [0.2, 0.25) is 0 Å². The molecule has 5 aromatic rings. The molecule has 0 spiro atoms. The summed E-state index contributed by atoms with van der Waals surface area (Å²) < 4.78 is 80.6. The van der Waals surface area contributed by atoms with E-state index in [2.05, 4.69) is 9.97 Å². The largest absolute Gasteiger partial charge is 0.337 e. The van der Waals surface area contributed by atoms with E-state index >= 15 is 0 Å². The number of benzene rings is 2. The number of pyridine rings is 2. The van der Waals surface area contributed by atoms with E-state index < -0.39 is 41.3 Å². The molecule has 46 heavy (non-hydrogen) atoms. The van der Waals surface area contributed by atoms with Gasteiger partial charge in [0.05, 0.1) is 40.6 Å². The van der Waals surface area contributed by atoms with Crippen LogP contribution in [0.15, 0.2) is 90.5 Å². The predicted octanol–water partition coefficient (Wildman–Crippen LogP) is 7.32. The molecule has 1 aliphatic rings. The Morgan fingerprint density at radius 3 is 1.72 bits per heavy atom. The van der Waals surface area contributed by atoms with Crippen molar-refractivity contribution in [3.8, 4) is 11.4 Å². The lowest BCUT2D eigenvalue weighted by atomic mass is 10.2. The average molecular weight is 641 g/mol. The molecule has 0 bridgehead atoms. The second-order valence-electron chi connectivity index (χ2n) is 10.2. The summed E-state index contributed by atoms with van der Waals surface area (Å²) in [6, 6.07) is 9.70. The summed E-state index contributed by atoms with van der Waals surface area (Å²) >= 11 is 0. The predicted molar refractivity (Wildman–Crippen MR) is 159 cm³/mol. The van der Waals surface area contributed by atoms with Gasteiger partial charge in [-0.1, -0.05) is 0 Å². The highest BCUT2D eigenvalue weighted by atomic mass is 19.3. The number of amides is 2. The van der Waals surface area contributed by atoms with Crippen LogP contribution < -0.4 is 15.5 Å². The summed E-state index contributed by atoms with van der Waals surface area (Å²) in [6.07, 6.45) is 3.44. The standard InChI is InChI=1S/C16H14F3N3O.C16H12F3N3O/c2*1-10-4-5-20-9-14(10)22-7-6-21(16(22)23)11-2-3-13(17)12(8-11)15(18)19/h2-5,8-9,15H,6-7H2,1H3;2-9,15H,1H3. The Morgan fingerprint density at radius 2 is 1.15 bits per heavy atom. The van der Waals surface area contributed by atoms with Crippen molar-refractivity contribution in [1.29, 1.82) is 0 Å². The van der Waals surface area contributed by atoms with E-state index in [-0.39, 0.29) is 17.4 Å². The third-order valence-electron chi connectivity index (χ3n) is 7.38. The number of alkyl halides is 4. The molecule has 14 heteroatoms. The maximum absolute atomic E-state index is 13.4. The Bertz CT molecular complexity index is 1940. The first-order valence-corrected chi connectivity index (χ1v) is 13.8. The third kappa shape index (κ3) is 6.36. The van der Waals surface area contributed by atoms with Gasteiger partial charge in [-0.2, -0.15) is 0 Å². The number of anilines is 2. The molecule has 0 radical (unpaired) electrons. The molecule has 238 valence electrons. The van der Waals surface area contributed by atoms with E-state index in [0.29, 0.717) is 24.5 Å². The number of carbonyl (C=O) groups excluding carboxylic acids is 1. The average Bonchev–Trinajstić information content (AvgIpc) is 3.60. The van der Waals surface area contributed by atoms with Crippen LogP contribution in [-0.2, 0) is 0 Å². The second kappa shape index (κ2) is 13.3. The van der Waals surface area contributed by atoms with Crippen molar-refractivity contribution in [2.24, 2.45) is 0 Å². The van der Waals surface area contributed by atoms with E-state index in [1.807, 2.05) is 13.8 Å². The van der Waals surface area contributed by atoms with Crippen molar-refractivity contribution in [3.63, 3.8) is 0 Å². The summed E-state index contributed by atoms with van der Waals surface area (Å²) in [5.74, 6) is -1.98. The fraction of sp³-hybridized carbons (Fsp3) is 0.188. The smallest absolute Gasteiger partial charge is 0.292 e. The molecule has 0 unspecified atom stereocenters. The number of nitrogens with zero attached hydrogens (tertiary/aromatic N) is 6. The van der Waals surface area contributed by atoms with Crippen LogP contribution in [0.3, 0.4) is 0 Å². The molecule has 6 rings (SSSR count). The monoisotopic (exact) mass is 640 g/mol. The van der Waals surface area contributed by atoms with Gasteiger partial charge < -0.3 is 0 Å². The Balaban J connectivity index is 0.000000181. The number of hydrogen-bond donors (Lipinski definition) is 0. The number of imidazole rings is 1. The van der Waals surface area contributed by atoms with Crippen LogP contribution in [0.2, 0.25) is 0 Å². The highest BCUT2D eigenvalue weighted by Gasteiger charge is 2.32. The fourth-order valence-corrected chi connectivity index (χ4v) is 4.92. The number of aryl methyl sites for hydroxylation is 2. The Labute approximate surface area is 258 Å². The zero-order chi connectivity index (χ0) is 33.1. The summed E-state index contributed by atoms with van der Waals surface area (Å²) in [5.41, 5.74) is 1.54. The third-order valence-corrected chi connectivity index (χ3v) is 7.38. The number of rotatable bonds is 6. The first-order valence-electron chi connectivity index (χ1n) is 13.8. The summed E-state index contributed by atoms with van der Waals surface area (Å²) in [6.45, 7) is 4.43. The van der Waals surface area contributed by atoms with Gasteiger partial charge in [-0.05, 0) is 73.5 Å². The topological polar surface area (TPSA) is 76.3 Å². The maximum atomic E-state index is 13.4. The number of halogens is 6. The second-order valence-corrected chi connectivity index (χ2v) is 10.2. The summed E-state index contributed by atoms with van der Waals surface area (Å²) in [5, 5.41) is 0. The van der Waals surface area contributed by atoms with E-state index in [4.69, 9.17) is 0 Å². The SMILES string of the molecule is Cc1ccncc1-n1ccn(-c2ccc(F)c(C(F)F)c2)c1=O.Cc1ccncc1N1CCN(c2ccc(F)c(C(F)F)c2)C1=O. The van der Waals surface area contributed by atoms with Crippen molar-refractivity contribution in [1.82, 2.24) is 19.1 Å². The minimum absolute atomic E-state index is 0.173. The van der Waals surface area contributed by atoms with E-state index in [0.717, 1.165) is 35.4 Å². The summed E-state index contributed by atoms with van der Waals surface area (Å²) in [7, 11) is 0. The van der Waals surface area contributed by atoms with Crippen LogP contribution >= 0.6 is 0 Å². The molecule has 2 aromatic carbocycles. The Hall–Kier alpha value is -5.40. The van der Waals surface area contributed by atoms with Crippen LogP contribution in [0.1, 0.15) is 35.1 Å². The van der Waals surface area contributed by atoms with Crippen LogP contribution in [-0.4, -0.2) is 38.2 Å². The lowest BCUT2D eigenvalue weighted by Crippen LogP contribution is -2.32. The van der Waals surface area contributed by atoms with Gasteiger partial charge in [0.15, 0.2) is 0 Å². The number of aromatic nitrogens is 4. The normalized spacial score (nSPS) is 13.0. The van der Waals surface area contributed by atoms with Gasteiger partial charge >= 0.3 is 11.7 Å². The van der Waals surface area contributed by atoms with Crippen LogP contribution in [0, 0.1) is 25.5 Å². The molecule has 1 fully saturated rings. The van der Waals surface area contributed by atoms with Crippen molar-refractivity contribution >= 4 is 17.4 Å². The quantitative estimate of drug-likeness (QED) is 0.182. The lowest BCUT2D eigenvalue weighted by molar-refractivity contribution is 0.146. The first kappa shape index (κ1) is 32.0. The molecule has 8 nitrogen and oxygen atoms in total. The Kier molecular flexibility index (Phi) is 9.26. The fourth-order valence-electron chi connectivity index (χ4n) is 4.92. The van der Waals surface area contributed by atoms with Crippen LogP contribution in [0.5, 0.6) is 0 Å². The van der Waals surface area contributed by atoms with E-state index in [1.54, 1.807) is 30.7 Å². The van der Waals surface area contributed by atoms with Gasteiger partial charge in [0, 0.05) is 43.6 Å². The Morgan fingerprint density at radius 1 is 0.652 bits per heavy atom. The number of urea groups is 1. The maximum Gasteiger partial charge on any atom is 0.337 e. The van der Waals surface area contributed by atoms with Gasteiger partial charge in [0.25, 0.3) is 12.9 Å². The van der Waals surface area contributed by atoms with E-state index in [1.165, 1.54) is 49.7 Å². The van der Waals surface area contributed by atoms with Gasteiger partial charge in [0.1, 0.15) is 11.6 Å². The molecule has 0 atom stereocenters. The van der Waals surface area contributed by atoms with Crippen LogP contribution in [0.25, 0.3) is 11.4 Å². The lowest BCUT2D eigenvalue weighted by Gasteiger charge is -2.20. The molecular weight excluding hydrogens is 614 g/mol. The molecule has 0 aliphatic carbocycles. The number of carbonyl (C=O) groups is 1. The molecule has 0 N–H and O–H groups in total.